The first kappa shape index (κ1) is 92.7. The summed E-state index contributed by atoms with van der Waals surface area (Å²) in [6.45, 7) is 15.1. The highest BCUT2D eigenvalue weighted by Crippen LogP contribution is 2.56. The van der Waals surface area contributed by atoms with Crippen LogP contribution in [0.5, 0.6) is 17.2 Å². The molecule has 36 nitrogen and oxygen atoms in total. The van der Waals surface area contributed by atoms with Crippen LogP contribution in [0.1, 0.15) is 102 Å². The van der Waals surface area contributed by atoms with Crippen molar-refractivity contribution in [1.82, 2.24) is 28.7 Å². The average Bonchev–Trinajstić information content (AvgIpc) is 1.61. The van der Waals surface area contributed by atoms with Gasteiger partial charge in [0.15, 0.2) is 18.7 Å². The minimum Gasteiger partial charge on any atom is -0.463 e. The third-order valence-electron chi connectivity index (χ3n) is 17.9. The number of alkyl halides is 3. The number of rotatable bonds is 33. The van der Waals surface area contributed by atoms with Crippen LogP contribution in [0.3, 0.4) is 0 Å². The number of aromatic nitrogens is 6. The van der Waals surface area contributed by atoms with Gasteiger partial charge in [-0.3, -0.25) is 41.7 Å². The monoisotopic (exact) mass is 1670 g/mol. The van der Waals surface area contributed by atoms with E-state index < -0.39 is 186 Å². The summed E-state index contributed by atoms with van der Waals surface area (Å²) in [7, 11) is -12.3. The SMILES string of the molecule is CC(C)OC(=O)[C@H](C)CP(=O)(Oc1ccccc1)O[C@@H](C)[C@H]1O[C@@H](n2ccc(N)nc2=O)C(N)(CF)[C@H]1O.CC(C)OC(=O)[C@H](C)C[P@@](=O)(Oc1ccccc1)O[C@@H](C)[C@H]1O[C@@H](n2ccc(N)nc2=O)C(N)(CF)[C@H]1O.CC(C)OC(=O)[C@H](C)C[P@](=O)(Oc1ccccc1)O[C@@H](C)[C@H]1O[C@@H](n2ccc(N)nc2=O)C(N)(CF)[C@H]1O. The minimum atomic E-state index is -4.11. The summed E-state index contributed by atoms with van der Waals surface area (Å²) < 4.78 is 155. The zero-order chi connectivity index (χ0) is 84.8. The molecule has 3 aromatic carbocycles. The molecule has 42 heteroatoms. The molecule has 0 amide bonds. The van der Waals surface area contributed by atoms with E-state index in [2.05, 4.69) is 15.0 Å². The van der Waals surface area contributed by atoms with Gasteiger partial charge in [-0.25, -0.2) is 41.3 Å². The second-order valence-corrected chi connectivity index (χ2v) is 34.7. The number of aliphatic hydroxyl groups is 3. The van der Waals surface area contributed by atoms with Crippen LogP contribution in [-0.2, 0) is 70.1 Å². The summed E-state index contributed by atoms with van der Waals surface area (Å²) in [5.41, 5.74) is 26.3. The third-order valence-corrected chi connectivity index (χ3v) is 24.3. The lowest BCUT2D eigenvalue weighted by atomic mass is 9.91. The molecule has 3 aromatic heterocycles. The van der Waals surface area contributed by atoms with E-state index >= 15 is 0 Å². The van der Waals surface area contributed by atoms with Crippen molar-refractivity contribution in [3.8, 4) is 17.2 Å². The molecule has 9 rings (SSSR count). The van der Waals surface area contributed by atoms with E-state index in [1.807, 2.05) is 0 Å². The van der Waals surface area contributed by atoms with Gasteiger partial charge in [0.25, 0.3) is 0 Å². The van der Waals surface area contributed by atoms with Gasteiger partial charge in [0.1, 0.15) is 108 Å². The first-order valence-electron chi connectivity index (χ1n) is 36.1. The van der Waals surface area contributed by atoms with E-state index in [1.165, 1.54) is 78.3 Å². The molecule has 114 heavy (non-hydrogen) atoms. The maximum atomic E-state index is 14.2. The van der Waals surface area contributed by atoms with Crippen LogP contribution in [0.15, 0.2) is 142 Å². The van der Waals surface area contributed by atoms with Crippen molar-refractivity contribution in [3.05, 3.63) is 159 Å². The van der Waals surface area contributed by atoms with E-state index in [0.29, 0.717) is 0 Å². The molecule has 630 valence electrons. The van der Waals surface area contributed by atoms with Gasteiger partial charge < -0.3 is 91.7 Å². The van der Waals surface area contributed by atoms with Crippen LogP contribution in [0, 0.1) is 17.8 Å². The molecule has 6 aromatic rings. The van der Waals surface area contributed by atoms with Crippen molar-refractivity contribution in [2.75, 3.05) is 55.7 Å². The van der Waals surface area contributed by atoms with Gasteiger partial charge in [0, 0.05) is 18.6 Å². The summed E-state index contributed by atoms with van der Waals surface area (Å²) in [6.07, 6.45) is -15.7. The smallest absolute Gasteiger partial charge is 0.380 e. The predicted molar refractivity (Wildman–Crippen MR) is 409 cm³/mol. The molecular weight excluding hydrogens is 1570 g/mol. The van der Waals surface area contributed by atoms with Crippen LogP contribution < -0.4 is 65.0 Å². The van der Waals surface area contributed by atoms with E-state index in [9.17, 15) is 71.0 Å². The number of hydrogen-bond donors (Lipinski definition) is 9. The number of anilines is 3. The highest BCUT2D eigenvalue weighted by molar-refractivity contribution is 7.55. The van der Waals surface area contributed by atoms with Crippen LogP contribution >= 0.6 is 22.8 Å². The Bertz CT molecular complexity index is 4090. The van der Waals surface area contributed by atoms with Gasteiger partial charge in [0.2, 0.25) is 0 Å². The summed E-state index contributed by atoms with van der Waals surface area (Å²) >= 11 is 0. The zero-order valence-electron chi connectivity index (χ0n) is 64.8. The van der Waals surface area contributed by atoms with Gasteiger partial charge in [-0.15, -0.1) is 0 Å². The normalized spacial score (nSPS) is 26.5. The van der Waals surface area contributed by atoms with E-state index in [-0.39, 0.29) is 71.5 Å². The lowest BCUT2D eigenvalue weighted by Gasteiger charge is -2.31. The van der Waals surface area contributed by atoms with Gasteiger partial charge in [-0.2, -0.15) is 15.0 Å². The number of esters is 3. The summed E-state index contributed by atoms with van der Waals surface area (Å²) in [6, 6.07) is 28.4. The number of aliphatic hydroxyl groups excluding tert-OH is 3. The molecule has 0 aliphatic carbocycles. The molecule has 3 fully saturated rings. The number of ether oxygens (including phenoxy) is 6. The highest BCUT2D eigenvalue weighted by atomic mass is 31.2. The maximum Gasteiger partial charge on any atom is 0.380 e. The van der Waals surface area contributed by atoms with Gasteiger partial charge in [-0.1, -0.05) is 75.4 Å². The highest BCUT2D eigenvalue weighted by Gasteiger charge is 2.61. The summed E-state index contributed by atoms with van der Waals surface area (Å²) in [5.74, 6) is -3.96. The fraction of sp³-hybridized carbons (Fsp3) is 0.542. The first-order chi connectivity index (χ1) is 53.4. The van der Waals surface area contributed by atoms with E-state index in [0.717, 1.165) is 13.7 Å². The largest absolute Gasteiger partial charge is 0.463 e. The molecule has 6 heterocycles. The molecule has 3 aliphatic rings. The van der Waals surface area contributed by atoms with Crippen molar-refractivity contribution in [2.45, 2.75) is 192 Å². The number of hydrogen-bond acceptors (Lipinski definition) is 33. The zero-order valence-corrected chi connectivity index (χ0v) is 67.5. The predicted octanol–water partition coefficient (Wildman–Crippen LogP) is 6.05. The average molecular weight is 1670 g/mol. The number of carbonyl (C=O) groups excluding carboxylic acids is 3. The van der Waals surface area contributed by atoms with Gasteiger partial charge in [0.05, 0.1) is 72.9 Å². The standard InChI is InChI=1S/3C24H34FN4O8P/c3*1-14(2)34-21(31)15(3)12-38(33,37-17-8-6-5-7-9-17)36-16(4)19-20(30)24(27,13-25)22(35-19)29-11-10-18(26)28-23(29)32/h3*5-11,14-16,19-20,22,30H,12-13,27H2,1-4H3,(H2,26,28,32)/t15-,16+,19-,20+,22-,24?,38?;15-,16+,19-,20+,22-,24?,38+;15-,16+,19-,20+,22-,24?,38-/m111/s1. The quantitative estimate of drug-likeness (QED) is 0.0129. The number of nitrogens with two attached hydrogens (primary N) is 6. The van der Waals surface area contributed by atoms with Crippen LogP contribution in [0.25, 0.3) is 0 Å². The number of nitrogen functional groups attached to an aromatic ring is 3. The minimum absolute atomic E-state index is 0.0648. The number of nitrogens with zero attached hydrogens (tertiary/aromatic N) is 6. The molecule has 0 spiro atoms. The molecule has 0 bridgehead atoms. The topological polar surface area (TPSA) is 535 Å². The third kappa shape index (κ3) is 23.2. The second kappa shape index (κ2) is 39.4. The number of para-hydroxylation sites is 3. The van der Waals surface area contributed by atoms with E-state index in [1.54, 1.807) is 133 Å². The fourth-order valence-corrected chi connectivity index (χ4v) is 18.5. The molecule has 0 saturated carbocycles. The molecular formula is C72H102F3N12O24P3. The Morgan fingerprint density at radius 1 is 0.421 bits per heavy atom. The summed E-state index contributed by atoms with van der Waals surface area (Å²) in [4.78, 5) is 85.3. The van der Waals surface area contributed by atoms with Crippen LogP contribution in [-0.4, -0.2) is 190 Å². The number of carbonyl (C=O) groups is 3. The molecule has 3 aliphatic heterocycles. The lowest BCUT2D eigenvalue weighted by Crippen LogP contribution is -2.58. The van der Waals surface area contributed by atoms with Gasteiger partial charge in [-0.05, 0) is 117 Å². The molecule has 4 unspecified atom stereocenters. The summed E-state index contributed by atoms with van der Waals surface area (Å²) in [5, 5.41) is 32.9. The van der Waals surface area contributed by atoms with Crippen molar-refractivity contribution >= 4 is 58.1 Å². The molecule has 3 saturated heterocycles. The Morgan fingerprint density at radius 2 is 0.640 bits per heavy atom. The molecule has 0 radical (unpaired) electrons. The Kier molecular flexibility index (Phi) is 32.1. The Hall–Kier alpha value is -8.49. The van der Waals surface area contributed by atoms with Crippen molar-refractivity contribution < 1.29 is 112 Å². The first-order valence-corrected chi connectivity index (χ1v) is 41.3. The van der Waals surface area contributed by atoms with E-state index in [4.69, 9.17) is 90.0 Å². The van der Waals surface area contributed by atoms with Crippen molar-refractivity contribution in [2.24, 2.45) is 35.0 Å². The van der Waals surface area contributed by atoms with Crippen LogP contribution in [0.2, 0.25) is 0 Å². The number of halogens is 3. The Morgan fingerprint density at radius 3 is 0.833 bits per heavy atom. The number of benzene rings is 3. The molecule has 15 N–H and O–H groups in total. The van der Waals surface area contributed by atoms with Crippen molar-refractivity contribution in [3.63, 3.8) is 0 Å². The fourth-order valence-electron chi connectivity index (χ4n) is 12.2. The Labute approximate surface area is 655 Å². The second-order valence-electron chi connectivity index (χ2n) is 28.7. The Balaban J connectivity index is 0.000000237. The van der Waals surface area contributed by atoms with Crippen LogP contribution in [0.4, 0.5) is 30.6 Å². The van der Waals surface area contributed by atoms with Crippen molar-refractivity contribution in [1.29, 1.82) is 0 Å². The van der Waals surface area contributed by atoms with Gasteiger partial charge >= 0.3 is 57.8 Å². The maximum absolute atomic E-state index is 14.2. The molecule has 21 atom stereocenters. The lowest BCUT2D eigenvalue weighted by molar-refractivity contribution is -0.152.